The number of benzene rings is 2. The molecule has 0 atom stereocenters. The van der Waals surface area contributed by atoms with E-state index in [4.69, 9.17) is 0 Å². The third-order valence-electron chi connectivity index (χ3n) is 3.61. The van der Waals surface area contributed by atoms with Crippen LogP contribution in [-0.4, -0.2) is 17.7 Å². The van der Waals surface area contributed by atoms with E-state index in [0.29, 0.717) is 16.7 Å². The number of carbonyl (C=O) groups is 2. The van der Waals surface area contributed by atoms with Gasteiger partial charge in [-0.2, -0.15) is 0 Å². The van der Waals surface area contributed by atoms with Gasteiger partial charge >= 0.3 is 0 Å². The van der Waals surface area contributed by atoms with E-state index in [-0.39, 0.29) is 17.7 Å². The van der Waals surface area contributed by atoms with Crippen LogP contribution in [0.2, 0.25) is 0 Å². The molecule has 2 aromatic rings. The van der Waals surface area contributed by atoms with Crippen LogP contribution in [-0.2, 0) is 0 Å². The lowest BCUT2D eigenvalue weighted by Gasteiger charge is -2.12. The Morgan fingerprint density at radius 3 is 2.14 bits per heavy atom. The van der Waals surface area contributed by atoms with E-state index in [2.05, 4.69) is 5.32 Å². The van der Waals surface area contributed by atoms with Crippen molar-refractivity contribution in [1.29, 1.82) is 0 Å². The van der Waals surface area contributed by atoms with Crippen LogP contribution in [0.3, 0.4) is 0 Å². The van der Waals surface area contributed by atoms with Gasteiger partial charge in [0.25, 0.3) is 5.91 Å². The van der Waals surface area contributed by atoms with Crippen molar-refractivity contribution in [2.75, 3.05) is 0 Å². The monoisotopic (exact) mass is 295 g/mol. The summed E-state index contributed by atoms with van der Waals surface area (Å²) >= 11 is 0. The van der Waals surface area contributed by atoms with Crippen LogP contribution in [0, 0.1) is 13.8 Å². The molecule has 3 heteroatoms. The second-order valence-electron chi connectivity index (χ2n) is 5.80. The van der Waals surface area contributed by atoms with Gasteiger partial charge in [0.05, 0.1) is 5.56 Å². The number of hydrogen-bond donors (Lipinski definition) is 1. The van der Waals surface area contributed by atoms with E-state index >= 15 is 0 Å². The summed E-state index contributed by atoms with van der Waals surface area (Å²) in [5, 5.41) is 2.84. The number of hydrogen-bond acceptors (Lipinski definition) is 2. The second-order valence-corrected chi connectivity index (χ2v) is 5.80. The minimum absolute atomic E-state index is 0.0253. The van der Waals surface area contributed by atoms with E-state index in [0.717, 1.165) is 11.1 Å². The van der Waals surface area contributed by atoms with Crippen LogP contribution in [0.1, 0.15) is 51.3 Å². The van der Waals surface area contributed by atoms with Crippen molar-refractivity contribution >= 4 is 11.7 Å². The van der Waals surface area contributed by atoms with Crippen molar-refractivity contribution in [3.8, 4) is 0 Å². The molecule has 0 aliphatic heterocycles. The molecule has 2 aromatic carbocycles. The smallest absolute Gasteiger partial charge is 0.252 e. The van der Waals surface area contributed by atoms with Gasteiger partial charge < -0.3 is 5.32 Å². The fourth-order valence-electron chi connectivity index (χ4n) is 2.26. The molecule has 0 saturated carbocycles. The number of nitrogens with one attached hydrogen (secondary N) is 1. The molecule has 2 rings (SSSR count). The van der Waals surface area contributed by atoms with Crippen molar-refractivity contribution in [3.63, 3.8) is 0 Å². The Balaban J connectivity index is 2.41. The SMILES string of the molecule is Cc1ccc(C(=O)c2ccccc2C(=O)NC(C)C)cc1C. The predicted molar refractivity (Wildman–Crippen MR) is 88.4 cm³/mol. The van der Waals surface area contributed by atoms with Gasteiger partial charge in [0, 0.05) is 17.2 Å². The van der Waals surface area contributed by atoms with Crippen LogP contribution >= 0.6 is 0 Å². The van der Waals surface area contributed by atoms with Crippen LogP contribution < -0.4 is 5.32 Å². The molecule has 0 spiro atoms. The van der Waals surface area contributed by atoms with E-state index in [1.807, 2.05) is 45.9 Å². The molecular formula is C19H21NO2. The predicted octanol–water partition coefficient (Wildman–Crippen LogP) is 3.67. The van der Waals surface area contributed by atoms with Gasteiger partial charge in [-0.25, -0.2) is 0 Å². The molecule has 22 heavy (non-hydrogen) atoms. The minimum Gasteiger partial charge on any atom is -0.350 e. The second kappa shape index (κ2) is 6.56. The zero-order valence-corrected chi connectivity index (χ0v) is 13.4. The van der Waals surface area contributed by atoms with Gasteiger partial charge in [0.2, 0.25) is 0 Å². The fourth-order valence-corrected chi connectivity index (χ4v) is 2.26. The topological polar surface area (TPSA) is 46.2 Å². The van der Waals surface area contributed by atoms with Crippen molar-refractivity contribution in [3.05, 3.63) is 70.3 Å². The number of carbonyl (C=O) groups excluding carboxylic acids is 2. The molecule has 0 bridgehead atoms. The molecule has 0 fully saturated rings. The lowest BCUT2D eigenvalue weighted by atomic mass is 9.95. The molecule has 0 saturated heterocycles. The first-order valence-corrected chi connectivity index (χ1v) is 7.42. The zero-order chi connectivity index (χ0) is 16.3. The first-order valence-electron chi connectivity index (χ1n) is 7.42. The summed E-state index contributed by atoms with van der Waals surface area (Å²) < 4.78 is 0. The molecule has 0 aliphatic carbocycles. The maximum Gasteiger partial charge on any atom is 0.252 e. The Kier molecular flexibility index (Phi) is 4.76. The summed E-state index contributed by atoms with van der Waals surface area (Å²) in [5.74, 6) is -0.347. The maximum atomic E-state index is 12.7. The quantitative estimate of drug-likeness (QED) is 0.875. The van der Waals surface area contributed by atoms with E-state index in [1.54, 1.807) is 24.3 Å². The molecule has 1 amide bonds. The van der Waals surface area contributed by atoms with Gasteiger partial charge in [-0.05, 0) is 51.0 Å². The number of amides is 1. The van der Waals surface area contributed by atoms with Crippen molar-refractivity contribution in [2.45, 2.75) is 33.7 Å². The van der Waals surface area contributed by atoms with Crippen molar-refractivity contribution < 1.29 is 9.59 Å². The molecule has 114 valence electrons. The maximum absolute atomic E-state index is 12.7. The Bertz CT molecular complexity index is 717. The van der Waals surface area contributed by atoms with E-state index < -0.39 is 0 Å². The normalized spacial score (nSPS) is 10.6. The van der Waals surface area contributed by atoms with Crippen molar-refractivity contribution in [1.82, 2.24) is 5.32 Å². The molecule has 0 unspecified atom stereocenters. The number of ketones is 1. The van der Waals surface area contributed by atoms with Crippen LogP contribution in [0.5, 0.6) is 0 Å². The lowest BCUT2D eigenvalue weighted by Crippen LogP contribution is -2.31. The number of rotatable bonds is 4. The van der Waals surface area contributed by atoms with E-state index in [1.165, 1.54) is 0 Å². The molecule has 3 nitrogen and oxygen atoms in total. The lowest BCUT2D eigenvalue weighted by molar-refractivity contribution is 0.0932. The molecule has 0 aliphatic rings. The average molecular weight is 295 g/mol. The van der Waals surface area contributed by atoms with Crippen LogP contribution in [0.15, 0.2) is 42.5 Å². The Hall–Kier alpha value is -2.42. The third kappa shape index (κ3) is 3.42. The highest BCUT2D eigenvalue weighted by molar-refractivity contribution is 6.15. The third-order valence-corrected chi connectivity index (χ3v) is 3.61. The Labute approximate surface area is 131 Å². The number of aryl methyl sites for hydroxylation is 2. The minimum atomic E-state index is -0.220. The first-order chi connectivity index (χ1) is 10.4. The van der Waals surface area contributed by atoms with Gasteiger partial charge in [-0.15, -0.1) is 0 Å². The zero-order valence-electron chi connectivity index (χ0n) is 13.4. The average Bonchev–Trinajstić information content (AvgIpc) is 2.48. The summed E-state index contributed by atoms with van der Waals surface area (Å²) in [4.78, 5) is 25.0. The van der Waals surface area contributed by atoms with Gasteiger partial charge in [-0.1, -0.05) is 30.3 Å². The molecule has 0 aromatic heterocycles. The standard InChI is InChI=1S/C19H21NO2/c1-12(2)20-19(22)17-8-6-5-7-16(17)18(21)15-10-9-13(3)14(4)11-15/h5-12H,1-4H3,(H,20,22). The summed E-state index contributed by atoms with van der Waals surface area (Å²) in [5.41, 5.74) is 3.66. The van der Waals surface area contributed by atoms with Gasteiger partial charge in [0.15, 0.2) is 5.78 Å². The van der Waals surface area contributed by atoms with Gasteiger partial charge in [-0.3, -0.25) is 9.59 Å². The highest BCUT2D eigenvalue weighted by Crippen LogP contribution is 2.17. The van der Waals surface area contributed by atoms with Crippen LogP contribution in [0.25, 0.3) is 0 Å². The Morgan fingerprint density at radius 1 is 0.909 bits per heavy atom. The first kappa shape index (κ1) is 16.0. The fraction of sp³-hybridized carbons (Fsp3) is 0.263. The molecule has 1 N–H and O–H groups in total. The summed E-state index contributed by atoms with van der Waals surface area (Å²) in [7, 11) is 0. The molecule has 0 heterocycles. The highest BCUT2D eigenvalue weighted by atomic mass is 16.2. The summed E-state index contributed by atoms with van der Waals surface area (Å²) in [6.45, 7) is 7.77. The largest absolute Gasteiger partial charge is 0.350 e. The highest BCUT2D eigenvalue weighted by Gasteiger charge is 2.18. The van der Waals surface area contributed by atoms with E-state index in [9.17, 15) is 9.59 Å². The summed E-state index contributed by atoms with van der Waals surface area (Å²) in [6.07, 6.45) is 0. The molecule has 0 radical (unpaired) electrons. The van der Waals surface area contributed by atoms with Crippen LogP contribution in [0.4, 0.5) is 0 Å². The Morgan fingerprint density at radius 2 is 1.55 bits per heavy atom. The van der Waals surface area contributed by atoms with Gasteiger partial charge in [0.1, 0.15) is 0 Å². The van der Waals surface area contributed by atoms with Crippen molar-refractivity contribution in [2.24, 2.45) is 0 Å². The summed E-state index contributed by atoms with van der Waals surface area (Å²) in [6, 6.07) is 12.6. The molecular weight excluding hydrogens is 274 g/mol.